The first-order chi connectivity index (χ1) is 10.2. The smallest absolute Gasteiger partial charge is 0.243 e. The van der Waals surface area contributed by atoms with E-state index in [1.54, 1.807) is 0 Å². The zero-order valence-electron chi connectivity index (χ0n) is 11.7. The Morgan fingerprint density at radius 3 is 2.57 bits per heavy atom. The van der Waals surface area contributed by atoms with Crippen molar-refractivity contribution < 1.29 is 9.53 Å². The maximum absolute atomic E-state index is 12.0. The van der Waals surface area contributed by atoms with Gasteiger partial charge in [-0.05, 0) is 65.9 Å². The minimum absolute atomic E-state index is 0.110. The third kappa shape index (κ3) is 4.93. The predicted octanol–water partition coefficient (Wildman–Crippen LogP) is 3.74. The molecule has 0 bridgehead atoms. The Labute approximate surface area is 138 Å². The zero-order valence-corrected chi connectivity index (χ0v) is 13.9. The fourth-order valence-corrected chi connectivity index (χ4v) is 2.16. The molecule has 0 aromatic heterocycles. The molecule has 2 aromatic carbocycles. The molecule has 0 heterocycles. The number of anilines is 2. The third-order valence-electron chi connectivity index (χ3n) is 2.76. The van der Waals surface area contributed by atoms with E-state index in [-0.39, 0.29) is 12.5 Å². The number of carbonyl (C=O) groups is 1. The van der Waals surface area contributed by atoms with Crippen LogP contribution in [0.25, 0.3) is 0 Å². The number of hydrogen-bond acceptors (Lipinski definition) is 3. The Morgan fingerprint density at radius 2 is 1.86 bits per heavy atom. The number of halogens is 1. The lowest BCUT2D eigenvalue weighted by atomic mass is 10.3. The van der Waals surface area contributed by atoms with Crippen molar-refractivity contribution in [1.29, 1.82) is 0 Å². The average molecular weight is 396 g/mol. The maximum Gasteiger partial charge on any atom is 0.243 e. The van der Waals surface area contributed by atoms with Gasteiger partial charge in [0.05, 0.1) is 18.8 Å². The second-order valence-electron chi connectivity index (χ2n) is 4.34. The molecule has 5 heteroatoms. The Bertz CT molecular complexity index is 599. The molecule has 0 fully saturated rings. The number of amides is 1. The summed E-state index contributed by atoms with van der Waals surface area (Å²) in [6, 6.07) is 15.3. The molecule has 2 N–H and O–H groups in total. The fourth-order valence-electron chi connectivity index (χ4n) is 1.80. The first-order valence-corrected chi connectivity index (χ1v) is 7.78. The van der Waals surface area contributed by atoms with Crippen LogP contribution >= 0.6 is 22.6 Å². The second kappa shape index (κ2) is 7.87. The number of hydrogen-bond donors (Lipinski definition) is 2. The van der Waals surface area contributed by atoms with Crippen LogP contribution in [0.4, 0.5) is 11.4 Å². The van der Waals surface area contributed by atoms with Crippen LogP contribution in [0.1, 0.15) is 6.92 Å². The quantitative estimate of drug-likeness (QED) is 0.732. The van der Waals surface area contributed by atoms with Crippen LogP contribution < -0.4 is 15.4 Å². The molecule has 0 saturated heterocycles. The van der Waals surface area contributed by atoms with E-state index in [9.17, 15) is 4.79 Å². The van der Waals surface area contributed by atoms with Crippen molar-refractivity contribution in [3.63, 3.8) is 0 Å². The molecule has 1 amide bonds. The lowest BCUT2D eigenvalue weighted by Crippen LogP contribution is -2.22. The topological polar surface area (TPSA) is 50.4 Å². The number of para-hydroxylation sites is 2. The van der Waals surface area contributed by atoms with Crippen LogP contribution in [0.2, 0.25) is 0 Å². The van der Waals surface area contributed by atoms with E-state index in [0.29, 0.717) is 18.0 Å². The van der Waals surface area contributed by atoms with E-state index in [1.165, 1.54) is 0 Å². The molecule has 4 nitrogen and oxygen atoms in total. The van der Waals surface area contributed by atoms with Crippen molar-refractivity contribution in [3.05, 3.63) is 52.1 Å². The number of benzene rings is 2. The molecule has 2 rings (SSSR count). The van der Waals surface area contributed by atoms with Crippen molar-refractivity contribution in [2.45, 2.75) is 6.92 Å². The highest BCUT2D eigenvalue weighted by Crippen LogP contribution is 2.23. The van der Waals surface area contributed by atoms with Gasteiger partial charge < -0.3 is 15.4 Å². The minimum atomic E-state index is -0.110. The van der Waals surface area contributed by atoms with Gasteiger partial charge in [-0.3, -0.25) is 4.79 Å². The van der Waals surface area contributed by atoms with Crippen LogP contribution in [0, 0.1) is 3.57 Å². The largest absolute Gasteiger partial charge is 0.492 e. The molecule has 21 heavy (non-hydrogen) atoms. The highest BCUT2D eigenvalue weighted by Gasteiger charge is 2.07. The first-order valence-electron chi connectivity index (χ1n) is 6.70. The molecule has 0 aliphatic rings. The summed E-state index contributed by atoms with van der Waals surface area (Å²) in [5.74, 6) is 0.573. The number of carbonyl (C=O) groups excluding carboxylic acids is 1. The molecular formula is C16H17IN2O2. The first kappa shape index (κ1) is 15.6. The van der Waals surface area contributed by atoms with Crippen LogP contribution in [0.15, 0.2) is 48.5 Å². The Kier molecular flexibility index (Phi) is 5.86. The minimum Gasteiger partial charge on any atom is -0.492 e. The number of nitrogens with one attached hydrogen (secondary N) is 2. The summed E-state index contributed by atoms with van der Waals surface area (Å²) in [5, 5.41) is 5.94. The molecule has 0 aliphatic carbocycles. The Morgan fingerprint density at radius 1 is 1.14 bits per heavy atom. The van der Waals surface area contributed by atoms with E-state index >= 15 is 0 Å². The van der Waals surface area contributed by atoms with Gasteiger partial charge in [-0.2, -0.15) is 0 Å². The molecule has 0 unspecified atom stereocenters. The van der Waals surface area contributed by atoms with Crippen molar-refractivity contribution in [1.82, 2.24) is 0 Å². The van der Waals surface area contributed by atoms with Gasteiger partial charge >= 0.3 is 0 Å². The van der Waals surface area contributed by atoms with E-state index in [1.807, 2.05) is 55.5 Å². The van der Waals surface area contributed by atoms with E-state index < -0.39 is 0 Å². The van der Waals surface area contributed by atoms with Crippen LogP contribution in [0.3, 0.4) is 0 Å². The molecular weight excluding hydrogens is 379 g/mol. The van der Waals surface area contributed by atoms with Crippen molar-refractivity contribution in [3.8, 4) is 5.75 Å². The Balaban J connectivity index is 1.91. The zero-order chi connectivity index (χ0) is 15.1. The summed E-state index contributed by atoms with van der Waals surface area (Å²) in [7, 11) is 0. The molecule has 2 aromatic rings. The normalized spacial score (nSPS) is 10.0. The van der Waals surface area contributed by atoms with Gasteiger partial charge in [0.1, 0.15) is 5.75 Å². The standard InChI is InChI=1S/C16H17IN2O2/c1-2-21-15-6-4-3-5-14(15)19-16(20)11-18-13-9-7-12(17)8-10-13/h3-10,18H,2,11H2,1H3,(H,19,20). The van der Waals surface area contributed by atoms with Crippen molar-refractivity contribution >= 4 is 39.9 Å². The summed E-state index contributed by atoms with van der Waals surface area (Å²) in [6.07, 6.45) is 0. The summed E-state index contributed by atoms with van der Waals surface area (Å²) in [6.45, 7) is 2.69. The number of rotatable bonds is 6. The summed E-state index contributed by atoms with van der Waals surface area (Å²) in [5.41, 5.74) is 1.61. The molecule has 0 radical (unpaired) electrons. The molecule has 0 spiro atoms. The second-order valence-corrected chi connectivity index (χ2v) is 5.58. The van der Waals surface area contributed by atoms with Gasteiger partial charge in [-0.15, -0.1) is 0 Å². The molecule has 0 aliphatic heterocycles. The van der Waals surface area contributed by atoms with Crippen molar-refractivity contribution in [2.75, 3.05) is 23.8 Å². The summed E-state index contributed by atoms with van der Waals surface area (Å²) >= 11 is 2.24. The number of ether oxygens (including phenoxy) is 1. The van der Waals surface area contributed by atoms with Gasteiger partial charge in [0, 0.05) is 9.26 Å². The van der Waals surface area contributed by atoms with E-state index in [2.05, 4.69) is 33.2 Å². The highest BCUT2D eigenvalue weighted by atomic mass is 127. The monoisotopic (exact) mass is 396 g/mol. The summed E-state index contributed by atoms with van der Waals surface area (Å²) < 4.78 is 6.64. The van der Waals surface area contributed by atoms with Gasteiger partial charge in [-0.25, -0.2) is 0 Å². The van der Waals surface area contributed by atoms with E-state index in [4.69, 9.17) is 4.74 Å². The molecule has 0 saturated carbocycles. The van der Waals surface area contributed by atoms with Gasteiger partial charge in [0.25, 0.3) is 0 Å². The average Bonchev–Trinajstić information content (AvgIpc) is 2.49. The Hall–Kier alpha value is -1.76. The molecule has 0 atom stereocenters. The SMILES string of the molecule is CCOc1ccccc1NC(=O)CNc1ccc(I)cc1. The predicted molar refractivity (Wildman–Crippen MR) is 93.9 cm³/mol. The van der Waals surface area contributed by atoms with Crippen LogP contribution in [0.5, 0.6) is 5.75 Å². The molecule has 110 valence electrons. The highest BCUT2D eigenvalue weighted by molar-refractivity contribution is 14.1. The fraction of sp³-hybridized carbons (Fsp3) is 0.188. The third-order valence-corrected chi connectivity index (χ3v) is 3.48. The van der Waals surface area contributed by atoms with Crippen LogP contribution in [-0.4, -0.2) is 19.1 Å². The lowest BCUT2D eigenvalue weighted by molar-refractivity contribution is -0.114. The van der Waals surface area contributed by atoms with Gasteiger partial charge in [-0.1, -0.05) is 12.1 Å². The van der Waals surface area contributed by atoms with E-state index in [0.717, 1.165) is 9.26 Å². The van der Waals surface area contributed by atoms with Gasteiger partial charge in [0.2, 0.25) is 5.91 Å². The maximum atomic E-state index is 12.0. The van der Waals surface area contributed by atoms with Gasteiger partial charge in [0.15, 0.2) is 0 Å². The van der Waals surface area contributed by atoms with Crippen molar-refractivity contribution in [2.24, 2.45) is 0 Å². The summed E-state index contributed by atoms with van der Waals surface area (Å²) in [4.78, 5) is 12.0. The lowest BCUT2D eigenvalue weighted by Gasteiger charge is -2.12. The van der Waals surface area contributed by atoms with Crippen LogP contribution in [-0.2, 0) is 4.79 Å².